The van der Waals surface area contributed by atoms with Crippen molar-refractivity contribution in [2.45, 2.75) is 25.6 Å². The van der Waals surface area contributed by atoms with E-state index < -0.39 is 0 Å². The molecule has 0 fully saturated rings. The largest absolute Gasteiger partial charge is 0.352 e. The van der Waals surface area contributed by atoms with Gasteiger partial charge in [-0.15, -0.1) is 0 Å². The molecule has 16 heavy (non-hydrogen) atoms. The molecule has 0 aromatic rings. The summed E-state index contributed by atoms with van der Waals surface area (Å²) < 4.78 is 0. The average Bonchev–Trinajstić information content (AvgIpc) is 2.30. The van der Waals surface area contributed by atoms with Crippen molar-refractivity contribution in [1.29, 1.82) is 0 Å². The molecule has 0 aliphatic heterocycles. The Hall–Kier alpha value is -0.910. The van der Waals surface area contributed by atoms with Crippen LogP contribution in [0.3, 0.4) is 0 Å². The fourth-order valence-electron chi connectivity index (χ4n) is 1.46. The minimum Gasteiger partial charge on any atom is -0.352 e. The maximum absolute atomic E-state index is 11.2. The van der Waals surface area contributed by atoms with Gasteiger partial charge in [0.05, 0.1) is 0 Å². The van der Waals surface area contributed by atoms with E-state index >= 15 is 0 Å². The highest BCUT2D eigenvalue weighted by atomic mass is 16.1. The van der Waals surface area contributed by atoms with Crippen LogP contribution in [0.4, 0.5) is 0 Å². The second-order valence-electron chi connectivity index (χ2n) is 3.80. The molecule has 0 radical (unpaired) electrons. The lowest BCUT2D eigenvalue weighted by Crippen LogP contribution is -2.63. The van der Waals surface area contributed by atoms with Crippen LogP contribution in [-0.4, -0.2) is 39.4 Å². The lowest BCUT2D eigenvalue weighted by atomic mass is 10.1. The summed E-state index contributed by atoms with van der Waals surface area (Å²) in [6, 6.07) is 0. The average molecular weight is 228 g/mol. The number of hydrogen-bond donors (Lipinski definition) is 4. The van der Waals surface area contributed by atoms with Crippen molar-refractivity contribution < 1.29 is 4.79 Å². The Balaban J connectivity index is 3.88. The maximum Gasteiger partial charge on any atom is 0.246 e. The fourth-order valence-corrected chi connectivity index (χ4v) is 1.46. The Morgan fingerprint density at radius 3 is 2.06 bits per heavy atom. The lowest BCUT2D eigenvalue weighted by molar-refractivity contribution is -0.117. The van der Waals surface area contributed by atoms with Crippen LogP contribution in [0.5, 0.6) is 0 Å². The molecule has 0 spiro atoms. The third-order valence-electron chi connectivity index (χ3n) is 2.68. The quantitative estimate of drug-likeness (QED) is 0.263. The Kier molecular flexibility index (Phi) is 6.96. The molecule has 1 amide bonds. The highest BCUT2D eigenvalue weighted by Crippen LogP contribution is 2.03. The van der Waals surface area contributed by atoms with Gasteiger partial charge in [0.1, 0.15) is 5.79 Å². The molecule has 0 aromatic heterocycles. The Bertz CT molecular complexity index is 228. The number of amides is 1. The van der Waals surface area contributed by atoms with E-state index in [1.54, 1.807) is 6.92 Å². The van der Waals surface area contributed by atoms with Crippen LogP contribution < -0.4 is 21.3 Å². The van der Waals surface area contributed by atoms with Crippen LogP contribution in [0.15, 0.2) is 12.2 Å². The van der Waals surface area contributed by atoms with Crippen molar-refractivity contribution in [1.82, 2.24) is 21.3 Å². The highest BCUT2D eigenvalue weighted by Gasteiger charge is 2.22. The van der Waals surface area contributed by atoms with E-state index in [2.05, 4.69) is 27.8 Å². The van der Waals surface area contributed by atoms with Crippen molar-refractivity contribution in [3.63, 3.8) is 0 Å². The summed E-state index contributed by atoms with van der Waals surface area (Å²) in [6.45, 7) is 5.94. The molecule has 0 rings (SSSR count). The Morgan fingerprint density at radius 2 is 1.69 bits per heavy atom. The van der Waals surface area contributed by atoms with Crippen molar-refractivity contribution in [3.05, 3.63) is 12.2 Å². The predicted octanol–water partition coefficient (Wildman–Crippen LogP) is -0.229. The predicted molar refractivity (Wildman–Crippen MR) is 67.0 cm³/mol. The molecule has 0 aliphatic rings. The number of nitrogens with one attached hydrogen (secondary N) is 4. The van der Waals surface area contributed by atoms with Crippen LogP contribution in [-0.2, 0) is 4.79 Å². The summed E-state index contributed by atoms with van der Waals surface area (Å²) >= 11 is 0. The molecule has 5 heteroatoms. The van der Waals surface area contributed by atoms with E-state index in [9.17, 15) is 4.79 Å². The molecular formula is C11H24N4O. The molecule has 0 aromatic carbocycles. The molecule has 4 N–H and O–H groups in total. The summed E-state index contributed by atoms with van der Waals surface area (Å²) in [7, 11) is 5.67. The van der Waals surface area contributed by atoms with E-state index in [0.717, 1.165) is 12.8 Å². The normalized spacial score (nSPS) is 11.2. The van der Waals surface area contributed by atoms with Crippen molar-refractivity contribution in [3.8, 4) is 0 Å². The third-order valence-corrected chi connectivity index (χ3v) is 2.68. The summed E-state index contributed by atoms with van der Waals surface area (Å²) in [5.74, 6) is -0.350. The van der Waals surface area contributed by atoms with Crippen LogP contribution in [0.1, 0.15) is 19.8 Å². The molecule has 0 heterocycles. The number of rotatable bonds is 8. The first kappa shape index (κ1) is 15.1. The third kappa shape index (κ3) is 4.74. The van der Waals surface area contributed by atoms with E-state index in [4.69, 9.17) is 0 Å². The van der Waals surface area contributed by atoms with Gasteiger partial charge in [0.2, 0.25) is 5.91 Å². The van der Waals surface area contributed by atoms with Gasteiger partial charge in [0, 0.05) is 12.1 Å². The highest BCUT2D eigenvalue weighted by molar-refractivity contribution is 5.91. The smallest absolute Gasteiger partial charge is 0.246 e. The van der Waals surface area contributed by atoms with Crippen LogP contribution in [0.2, 0.25) is 0 Å². The van der Waals surface area contributed by atoms with Crippen LogP contribution in [0.25, 0.3) is 0 Å². The summed E-state index contributed by atoms with van der Waals surface area (Å²) in [5.41, 5.74) is 0.544. The number of carbonyl (C=O) groups is 1. The van der Waals surface area contributed by atoms with Crippen LogP contribution in [0, 0.1) is 0 Å². The summed E-state index contributed by atoms with van der Waals surface area (Å²) in [4.78, 5) is 11.2. The molecule has 94 valence electrons. The van der Waals surface area contributed by atoms with Crippen LogP contribution >= 0.6 is 0 Å². The van der Waals surface area contributed by atoms with Crippen molar-refractivity contribution in [2.24, 2.45) is 0 Å². The molecule has 0 bridgehead atoms. The van der Waals surface area contributed by atoms with Crippen molar-refractivity contribution >= 4 is 5.91 Å². The second-order valence-corrected chi connectivity index (χ2v) is 3.80. The molecule has 0 saturated carbocycles. The number of carbonyl (C=O) groups excluding carboxylic acids is 1. The lowest BCUT2D eigenvalue weighted by Gasteiger charge is -2.33. The van der Waals surface area contributed by atoms with E-state index in [1.165, 1.54) is 0 Å². The van der Waals surface area contributed by atoms with Gasteiger partial charge in [-0.05, 0) is 40.9 Å². The molecule has 0 saturated heterocycles. The van der Waals surface area contributed by atoms with Gasteiger partial charge in [-0.3, -0.25) is 20.7 Å². The number of hydrogen-bond acceptors (Lipinski definition) is 4. The minimum atomic E-state index is -0.270. The van der Waals surface area contributed by atoms with E-state index in [0.29, 0.717) is 12.1 Å². The fraction of sp³-hybridized carbons (Fsp3) is 0.727. The van der Waals surface area contributed by atoms with E-state index in [1.807, 2.05) is 21.1 Å². The first-order chi connectivity index (χ1) is 7.51. The van der Waals surface area contributed by atoms with Gasteiger partial charge in [-0.1, -0.05) is 6.58 Å². The van der Waals surface area contributed by atoms with Crippen molar-refractivity contribution in [2.75, 3.05) is 27.7 Å². The van der Waals surface area contributed by atoms with Gasteiger partial charge >= 0.3 is 0 Å². The van der Waals surface area contributed by atoms with Gasteiger partial charge in [0.25, 0.3) is 0 Å². The zero-order chi connectivity index (χ0) is 12.6. The summed E-state index contributed by atoms with van der Waals surface area (Å²) in [6.07, 6.45) is 1.74. The first-order valence-electron chi connectivity index (χ1n) is 5.51. The molecule has 5 nitrogen and oxygen atoms in total. The van der Waals surface area contributed by atoms with Gasteiger partial charge in [0.15, 0.2) is 0 Å². The second kappa shape index (κ2) is 7.38. The minimum absolute atomic E-state index is 0.0797. The topological polar surface area (TPSA) is 65.2 Å². The van der Waals surface area contributed by atoms with E-state index in [-0.39, 0.29) is 11.7 Å². The standard InChI is InChI=1S/C11H24N4O/c1-9(2)10(16)15-8-6-7-11(12-3,13-4)14-5/h12-14H,1,6-8H2,2-5H3,(H,15,16). The Labute approximate surface area is 98.1 Å². The zero-order valence-electron chi connectivity index (χ0n) is 10.7. The monoisotopic (exact) mass is 228 g/mol. The first-order valence-corrected chi connectivity index (χ1v) is 5.51. The SMILES string of the molecule is C=C(C)C(=O)NCCCC(NC)(NC)NC. The van der Waals surface area contributed by atoms with Gasteiger partial charge in [-0.25, -0.2) is 0 Å². The maximum atomic E-state index is 11.2. The molecule has 0 aliphatic carbocycles. The molecular weight excluding hydrogens is 204 g/mol. The zero-order valence-corrected chi connectivity index (χ0v) is 10.7. The summed E-state index contributed by atoms with van der Waals surface area (Å²) in [5, 5.41) is 12.3. The molecule has 0 unspecified atom stereocenters. The van der Waals surface area contributed by atoms with Gasteiger partial charge < -0.3 is 5.32 Å². The van der Waals surface area contributed by atoms with Gasteiger partial charge in [-0.2, -0.15) is 0 Å². The Morgan fingerprint density at radius 1 is 1.19 bits per heavy atom. The molecule has 0 atom stereocenters.